The molecule has 0 saturated carbocycles. The van der Waals surface area contributed by atoms with Crippen LogP contribution in [0, 0.1) is 5.92 Å². The highest BCUT2D eigenvalue weighted by Gasteiger charge is 2.19. The Kier molecular flexibility index (Phi) is 4.98. The van der Waals surface area contributed by atoms with Crippen molar-refractivity contribution in [2.75, 3.05) is 7.05 Å². The van der Waals surface area contributed by atoms with Crippen LogP contribution in [0.15, 0.2) is 46.3 Å². The summed E-state index contributed by atoms with van der Waals surface area (Å²) in [7, 11) is 2.04. The minimum Gasteiger partial charge on any atom is -0.313 e. The van der Waals surface area contributed by atoms with Gasteiger partial charge < -0.3 is 5.32 Å². The van der Waals surface area contributed by atoms with E-state index in [9.17, 15) is 0 Å². The van der Waals surface area contributed by atoms with Gasteiger partial charge in [0, 0.05) is 15.4 Å². The average molecular weight is 324 g/mol. The highest BCUT2D eigenvalue weighted by molar-refractivity contribution is 9.10. The zero-order valence-corrected chi connectivity index (χ0v) is 13.1. The van der Waals surface area contributed by atoms with Crippen LogP contribution in [-0.2, 0) is 6.42 Å². The minimum atomic E-state index is 0.403. The van der Waals surface area contributed by atoms with Gasteiger partial charge in [-0.2, -0.15) is 0 Å². The standard InChI is InChI=1S/C15H18BrNS/c1-11(10-14-13(16)8-9-18-14)15(17-2)12-6-4-3-5-7-12/h3-9,11,15,17H,10H2,1-2H3. The fourth-order valence-electron chi connectivity index (χ4n) is 2.32. The van der Waals surface area contributed by atoms with Crippen LogP contribution in [0.5, 0.6) is 0 Å². The number of halogens is 1. The molecule has 1 heterocycles. The molecule has 1 nitrogen and oxygen atoms in total. The first-order valence-electron chi connectivity index (χ1n) is 6.16. The van der Waals surface area contributed by atoms with Crippen molar-refractivity contribution in [3.63, 3.8) is 0 Å². The second kappa shape index (κ2) is 6.50. The van der Waals surface area contributed by atoms with Crippen LogP contribution in [0.2, 0.25) is 0 Å². The zero-order valence-electron chi connectivity index (χ0n) is 10.7. The summed E-state index contributed by atoms with van der Waals surface area (Å²) in [6.45, 7) is 2.31. The molecule has 0 spiro atoms. The van der Waals surface area contributed by atoms with E-state index in [-0.39, 0.29) is 0 Å². The summed E-state index contributed by atoms with van der Waals surface area (Å²) in [6.07, 6.45) is 1.10. The Morgan fingerprint density at radius 1 is 1.22 bits per heavy atom. The second-order valence-corrected chi connectivity index (χ2v) is 6.41. The number of hydrogen-bond donors (Lipinski definition) is 1. The van der Waals surface area contributed by atoms with E-state index in [1.54, 1.807) is 0 Å². The normalized spacial score (nSPS) is 14.4. The van der Waals surface area contributed by atoms with Gasteiger partial charge in [-0.1, -0.05) is 37.3 Å². The molecule has 0 aliphatic heterocycles. The van der Waals surface area contributed by atoms with Gasteiger partial charge in [-0.05, 0) is 52.3 Å². The van der Waals surface area contributed by atoms with E-state index in [0.717, 1.165) is 6.42 Å². The fraction of sp³-hybridized carbons (Fsp3) is 0.333. The minimum absolute atomic E-state index is 0.403. The van der Waals surface area contributed by atoms with Crippen LogP contribution < -0.4 is 5.32 Å². The second-order valence-electron chi connectivity index (χ2n) is 4.55. The lowest BCUT2D eigenvalue weighted by molar-refractivity contribution is 0.411. The Labute approximate surface area is 121 Å². The lowest BCUT2D eigenvalue weighted by Crippen LogP contribution is -2.24. The average Bonchev–Trinajstić information content (AvgIpc) is 2.77. The quantitative estimate of drug-likeness (QED) is 0.844. The topological polar surface area (TPSA) is 12.0 Å². The van der Waals surface area contributed by atoms with Crippen LogP contribution in [0.4, 0.5) is 0 Å². The molecular weight excluding hydrogens is 306 g/mol. The molecule has 3 heteroatoms. The third-order valence-corrected chi connectivity index (χ3v) is 5.19. The summed E-state index contributed by atoms with van der Waals surface area (Å²) in [5, 5.41) is 5.58. The van der Waals surface area contributed by atoms with Gasteiger partial charge >= 0.3 is 0 Å². The van der Waals surface area contributed by atoms with Crippen LogP contribution in [0.1, 0.15) is 23.4 Å². The maximum atomic E-state index is 3.61. The first-order chi connectivity index (χ1) is 8.72. The molecule has 1 N–H and O–H groups in total. The summed E-state index contributed by atoms with van der Waals surface area (Å²) in [5.41, 5.74) is 1.36. The SMILES string of the molecule is CNC(c1ccccc1)C(C)Cc1sccc1Br. The van der Waals surface area contributed by atoms with Crippen molar-refractivity contribution in [2.24, 2.45) is 5.92 Å². The summed E-state index contributed by atoms with van der Waals surface area (Å²) in [5.74, 6) is 0.562. The van der Waals surface area contributed by atoms with E-state index in [1.165, 1.54) is 14.9 Å². The molecule has 2 atom stereocenters. The molecular formula is C15H18BrNS. The molecule has 96 valence electrons. The lowest BCUT2D eigenvalue weighted by atomic mass is 9.91. The molecule has 0 bridgehead atoms. The highest BCUT2D eigenvalue weighted by atomic mass is 79.9. The van der Waals surface area contributed by atoms with Gasteiger partial charge in [0.25, 0.3) is 0 Å². The highest BCUT2D eigenvalue weighted by Crippen LogP contribution is 2.30. The number of hydrogen-bond acceptors (Lipinski definition) is 2. The maximum absolute atomic E-state index is 3.61. The number of thiophene rings is 1. The van der Waals surface area contributed by atoms with E-state index in [1.807, 2.05) is 18.4 Å². The van der Waals surface area contributed by atoms with Crippen LogP contribution in [-0.4, -0.2) is 7.05 Å². The summed E-state index contributed by atoms with van der Waals surface area (Å²) < 4.78 is 1.24. The van der Waals surface area contributed by atoms with Gasteiger partial charge in [0.2, 0.25) is 0 Å². The molecule has 2 unspecified atom stereocenters. The van der Waals surface area contributed by atoms with Crippen LogP contribution >= 0.6 is 27.3 Å². The zero-order chi connectivity index (χ0) is 13.0. The van der Waals surface area contributed by atoms with E-state index >= 15 is 0 Å². The first kappa shape index (κ1) is 13.8. The molecule has 1 aromatic carbocycles. The molecule has 18 heavy (non-hydrogen) atoms. The Morgan fingerprint density at radius 2 is 1.94 bits per heavy atom. The van der Waals surface area contributed by atoms with Gasteiger partial charge in [0.05, 0.1) is 0 Å². The number of benzene rings is 1. The van der Waals surface area contributed by atoms with E-state index in [0.29, 0.717) is 12.0 Å². The third kappa shape index (κ3) is 3.22. The predicted molar refractivity (Wildman–Crippen MR) is 83.1 cm³/mol. The smallest absolute Gasteiger partial charge is 0.0346 e. The van der Waals surface area contributed by atoms with Gasteiger partial charge in [0.15, 0.2) is 0 Å². The fourth-order valence-corrected chi connectivity index (χ4v) is 3.98. The molecule has 0 aliphatic carbocycles. The monoisotopic (exact) mass is 323 g/mol. The van der Waals surface area contributed by atoms with Crippen molar-refractivity contribution in [3.05, 3.63) is 56.7 Å². The molecule has 0 fully saturated rings. The van der Waals surface area contributed by atoms with Crippen molar-refractivity contribution < 1.29 is 0 Å². The Hall–Kier alpha value is -0.640. The lowest BCUT2D eigenvalue weighted by Gasteiger charge is -2.24. The first-order valence-corrected chi connectivity index (χ1v) is 7.83. The van der Waals surface area contributed by atoms with Crippen molar-refractivity contribution in [2.45, 2.75) is 19.4 Å². The van der Waals surface area contributed by atoms with E-state index in [2.05, 4.69) is 69.9 Å². The Balaban J connectivity index is 2.11. The van der Waals surface area contributed by atoms with Crippen molar-refractivity contribution in [1.29, 1.82) is 0 Å². The predicted octanol–water partition coefficient (Wildman–Crippen LogP) is 4.65. The Bertz CT molecular complexity index is 480. The summed E-state index contributed by atoms with van der Waals surface area (Å²) in [6, 6.07) is 13.2. The molecule has 2 rings (SSSR count). The summed E-state index contributed by atoms with van der Waals surface area (Å²) in [4.78, 5) is 1.43. The van der Waals surface area contributed by atoms with Gasteiger partial charge in [-0.25, -0.2) is 0 Å². The van der Waals surface area contributed by atoms with Crippen molar-refractivity contribution in [3.8, 4) is 0 Å². The van der Waals surface area contributed by atoms with Crippen LogP contribution in [0.3, 0.4) is 0 Å². The van der Waals surface area contributed by atoms with Crippen molar-refractivity contribution in [1.82, 2.24) is 5.32 Å². The molecule has 0 aliphatic rings. The molecule has 2 aromatic rings. The third-order valence-electron chi connectivity index (χ3n) is 3.24. The maximum Gasteiger partial charge on any atom is 0.0346 e. The molecule has 0 saturated heterocycles. The number of rotatable bonds is 5. The summed E-state index contributed by atoms with van der Waals surface area (Å²) >= 11 is 5.44. The van der Waals surface area contributed by atoms with Gasteiger partial charge in [-0.3, -0.25) is 0 Å². The Morgan fingerprint density at radius 3 is 2.50 bits per heavy atom. The van der Waals surface area contributed by atoms with Gasteiger partial charge in [-0.15, -0.1) is 11.3 Å². The van der Waals surface area contributed by atoms with E-state index < -0.39 is 0 Å². The molecule has 0 radical (unpaired) electrons. The van der Waals surface area contributed by atoms with E-state index in [4.69, 9.17) is 0 Å². The molecule has 0 amide bonds. The largest absolute Gasteiger partial charge is 0.313 e. The van der Waals surface area contributed by atoms with Crippen molar-refractivity contribution >= 4 is 27.3 Å². The van der Waals surface area contributed by atoms with Gasteiger partial charge in [0.1, 0.15) is 0 Å². The number of nitrogens with one attached hydrogen (secondary N) is 1. The molecule has 1 aromatic heterocycles. The van der Waals surface area contributed by atoms with Crippen LogP contribution in [0.25, 0.3) is 0 Å².